The van der Waals surface area contributed by atoms with Crippen molar-refractivity contribution < 1.29 is 34.2 Å². The minimum Gasteiger partial charge on any atom is -0.508 e. The fourth-order valence-corrected chi connectivity index (χ4v) is 3.79. The number of carboxylic acid groups (broad SMARTS) is 1. The number of phenolic OH excluding ortho intramolecular Hbond substituents is 1. The Labute approximate surface area is 230 Å². The maximum absolute atomic E-state index is 13.3. The monoisotopic (exact) mass is 560 g/mol. The number of hydrogen-bond donors (Lipinski definition) is 9. The van der Waals surface area contributed by atoms with Crippen molar-refractivity contribution in [1.29, 1.82) is 0 Å². The highest BCUT2D eigenvalue weighted by molar-refractivity contribution is 5.96. The highest BCUT2D eigenvalue weighted by atomic mass is 16.4. The number of aliphatic carboxylic acids is 1. The molecule has 0 aliphatic carbocycles. The Morgan fingerprint density at radius 2 is 1.52 bits per heavy atom. The van der Waals surface area contributed by atoms with E-state index in [1.165, 1.54) is 24.7 Å². The average molecular weight is 561 g/mol. The Balaban J connectivity index is 2.16. The molecule has 0 saturated carbocycles. The third kappa shape index (κ3) is 10.7. The van der Waals surface area contributed by atoms with Crippen molar-refractivity contribution in [3.05, 3.63) is 48.0 Å². The van der Waals surface area contributed by atoms with E-state index < -0.39 is 60.2 Å². The first-order valence-electron chi connectivity index (χ1n) is 12.6. The molecule has 0 spiro atoms. The van der Waals surface area contributed by atoms with E-state index in [1.54, 1.807) is 12.1 Å². The average Bonchev–Trinajstić information content (AvgIpc) is 3.41. The molecule has 0 radical (unpaired) electrons. The molecule has 0 saturated heterocycles. The zero-order valence-electron chi connectivity index (χ0n) is 21.8. The number of nitrogens with two attached hydrogens (primary N) is 3. The molecule has 4 unspecified atom stereocenters. The van der Waals surface area contributed by atoms with Crippen LogP contribution in [0.4, 0.5) is 0 Å². The van der Waals surface area contributed by atoms with Crippen LogP contribution < -0.4 is 33.2 Å². The zero-order chi connectivity index (χ0) is 29.7. The highest BCUT2D eigenvalue weighted by Gasteiger charge is 2.31. The summed E-state index contributed by atoms with van der Waals surface area (Å²) in [4.78, 5) is 69.0. The molecule has 1 aromatic heterocycles. The summed E-state index contributed by atoms with van der Waals surface area (Å²) < 4.78 is 0. The molecule has 1 heterocycles. The number of amides is 4. The SMILES string of the molecule is NCCCCC(NC(=O)C(CC(N)=O)NC(=O)C(Cc1cnc[nH]1)NC(=O)C(N)Cc1ccc(O)cc1)C(=O)O. The minimum absolute atomic E-state index is 0.0536. The summed E-state index contributed by atoms with van der Waals surface area (Å²) in [5.41, 5.74) is 17.9. The molecule has 1 aromatic carbocycles. The number of nitrogens with one attached hydrogen (secondary N) is 4. The van der Waals surface area contributed by atoms with Gasteiger partial charge in [-0.25, -0.2) is 9.78 Å². The van der Waals surface area contributed by atoms with Gasteiger partial charge in [0.25, 0.3) is 0 Å². The van der Waals surface area contributed by atoms with Gasteiger partial charge in [-0.1, -0.05) is 12.1 Å². The number of carbonyl (C=O) groups excluding carboxylic acids is 4. The first-order chi connectivity index (χ1) is 19.0. The van der Waals surface area contributed by atoms with Crippen molar-refractivity contribution in [2.24, 2.45) is 17.2 Å². The van der Waals surface area contributed by atoms with Gasteiger partial charge in [0.15, 0.2) is 0 Å². The number of aromatic nitrogens is 2. The molecule has 0 aliphatic heterocycles. The van der Waals surface area contributed by atoms with Crippen molar-refractivity contribution >= 4 is 29.6 Å². The number of H-pyrrole nitrogens is 1. The Kier molecular flexibility index (Phi) is 12.5. The van der Waals surface area contributed by atoms with E-state index in [4.69, 9.17) is 17.2 Å². The summed E-state index contributed by atoms with van der Waals surface area (Å²) in [6.07, 6.45) is 3.32. The lowest BCUT2D eigenvalue weighted by Crippen LogP contribution is -2.58. The van der Waals surface area contributed by atoms with Crippen LogP contribution in [0.1, 0.15) is 36.9 Å². The van der Waals surface area contributed by atoms with Crippen LogP contribution in [0.15, 0.2) is 36.8 Å². The number of hydrogen-bond acceptors (Lipinski definition) is 9. The van der Waals surface area contributed by atoms with Crippen LogP contribution in [0.25, 0.3) is 0 Å². The fourth-order valence-electron chi connectivity index (χ4n) is 3.79. The molecule has 4 atom stereocenters. The van der Waals surface area contributed by atoms with E-state index in [0.717, 1.165) is 0 Å². The van der Waals surface area contributed by atoms with Gasteiger partial charge in [-0.05, 0) is 49.9 Å². The lowest BCUT2D eigenvalue weighted by molar-refractivity contribution is -0.142. The molecule has 40 heavy (non-hydrogen) atoms. The second kappa shape index (κ2) is 15.8. The largest absolute Gasteiger partial charge is 0.508 e. The summed E-state index contributed by atoms with van der Waals surface area (Å²) in [6, 6.07) is 1.02. The standard InChI is InChI=1S/C25H36N8O7/c26-8-2-1-3-18(25(39)40)31-24(38)20(11-21(28)35)33-23(37)19(10-15-12-29-13-30-15)32-22(36)17(27)9-14-4-6-16(34)7-5-14/h4-7,12-13,17-20,34H,1-3,8-11,26-27H2,(H2,28,35)(H,29,30)(H,31,38)(H,32,36)(H,33,37)(H,39,40). The van der Waals surface area contributed by atoms with Crippen LogP contribution in [-0.4, -0.2) is 80.5 Å². The molecule has 2 rings (SSSR count). The van der Waals surface area contributed by atoms with Crippen LogP contribution >= 0.6 is 0 Å². The van der Waals surface area contributed by atoms with Crippen LogP contribution in [0.3, 0.4) is 0 Å². The van der Waals surface area contributed by atoms with Gasteiger partial charge >= 0.3 is 5.97 Å². The van der Waals surface area contributed by atoms with Crippen molar-refractivity contribution in [3.63, 3.8) is 0 Å². The van der Waals surface area contributed by atoms with Crippen LogP contribution in [0.5, 0.6) is 5.75 Å². The lowest BCUT2D eigenvalue weighted by Gasteiger charge is -2.24. The highest BCUT2D eigenvalue weighted by Crippen LogP contribution is 2.11. The topological polar surface area (TPSA) is 269 Å². The predicted octanol–water partition coefficient (Wildman–Crippen LogP) is -2.23. The van der Waals surface area contributed by atoms with Crippen LogP contribution in [-0.2, 0) is 36.8 Å². The first-order valence-corrected chi connectivity index (χ1v) is 12.6. The van der Waals surface area contributed by atoms with Crippen molar-refractivity contribution in [3.8, 4) is 5.75 Å². The number of phenols is 1. The van der Waals surface area contributed by atoms with Crippen LogP contribution in [0.2, 0.25) is 0 Å². The molecule has 15 nitrogen and oxygen atoms in total. The molecule has 218 valence electrons. The molecule has 0 aliphatic rings. The van der Waals surface area contributed by atoms with Gasteiger partial charge in [0.2, 0.25) is 23.6 Å². The smallest absolute Gasteiger partial charge is 0.326 e. The molecular formula is C25H36N8O7. The Bertz CT molecular complexity index is 1140. The van der Waals surface area contributed by atoms with Gasteiger partial charge < -0.3 is 48.3 Å². The summed E-state index contributed by atoms with van der Waals surface area (Å²) >= 11 is 0. The predicted molar refractivity (Wildman–Crippen MR) is 142 cm³/mol. The summed E-state index contributed by atoms with van der Waals surface area (Å²) in [5, 5.41) is 26.2. The molecule has 0 fully saturated rings. The van der Waals surface area contributed by atoms with Gasteiger partial charge in [-0.3, -0.25) is 19.2 Å². The Hall–Kier alpha value is -4.50. The minimum atomic E-state index is -1.51. The Morgan fingerprint density at radius 3 is 2.10 bits per heavy atom. The molecule has 2 aromatic rings. The van der Waals surface area contributed by atoms with Gasteiger partial charge in [-0.2, -0.15) is 0 Å². The number of unbranched alkanes of at least 4 members (excludes halogenated alkanes) is 1. The van der Waals surface area contributed by atoms with Gasteiger partial charge in [0.1, 0.15) is 23.9 Å². The molecule has 4 amide bonds. The van der Waals surface area contributed by atoms with Crippen molar-refractivity contribution in [2.75, 3.05) is 6.54 Å². The van der Waals surface area contributed by atoms with Gasteiger partial charge in [0, 0.05) is 18.3 Å². The quantitative estimate of drug-likeness (QED) is 0.0939. The fraction of sp³-hybridized carbons (Fsp3) is 0.440. The third-order valence-corrected chi connectivity index (χ3v) is 5.94. The number of carbonyl (C=O) groups is 5. The van der Waals surface area contributed by atoms with Crippen LogP contribution in [0, 0.1) is 0 Å². The summed E-state index contributed by atoms with van der Waals surface area (Å²) in [7, 11) is 0. The summed E-state index contributed by atoms with van der Waals surface area (Å²) in [6.45, 7) is 0.350. The number of aromatic hydroxyl groups is 1. The second-order valence-electron chi connectivity index (χ2n) is 9.23. The van der Waals surface area contributed by atoms with Gasteiger partial charge in [0.05, 0.1) is 18.8 Å². The number of imidazole rings is 1. The van der Waals surface area contributed by atoms with E-state index in [1.807, 2.05) is 0 Å². The number of benzene rings is 1. The van der Waals surface area contributed by atoms with E-state index in [0.29, 0.717) is 30.6 Å². The molecule has 15 heteroatoms. The maximum atomic E-state index is 13.3. The van der Waals surface area contributed by atoms with Crippen molar-refractivity contribution in [2.45, 2.75) is 62.7 Å². The van der Waals surface area contributed by atoms with E-state index >= 15 is 0 Å². The normalized spacial score (nSPS) is 13.8. The second-order valence-corrected chi connectivity index (χ2v) is 9.23. The Morgan fingerprint density at radius 1 is 0.900 bits per heavy atom. The van der Waals surface area contributed by atoms with Gasteiger partial charge in [-0.15, -0.1) is 0 Å². The number of nitrogens with zero attached hydrogens (tertiary/aromatic N) is 1. The molecular weight excluding hydrogens is 524 g/mol. The number of carboxylic acids is 1. The number of primary amides is 1. The number of rotatable bonds is 17. The van der Waals surface area contributed by atoms with E-state index in [2.05, 4.69) is 25.9 Å². The number of aromatic amines is 1. The lowest BCUT2D eigenvalue weighted by atomic mass is 10.0. The third-order valence-electron chi connectivity index (χ3n) is 5.94. The summed E-state index contributed by atoms with van der Waals surface area (Å²) in [5.74, 6) is -4.59. The zero-order valence-corrected chi connectivity index (χ0v) is 21.8. The molecule has 12 N–H and O–H groups in total. The first kappa shape index (κ1) is 31.7. The molecule has 0 bridgehead atoms. The maximum Gasteiger partial charge on any atom is 0.326 e. The van der Waals surface area contributed by atoms with E-state index in [-0.39, 0.29) is 25.0 Å². The van der Waals surface area contributed by atoms with Crippen molar-refractivity contribution in [1.82, 2.24) is 25.9 Å². The van der Waals surface area contributed by atoms with E-state index in [9.17, 15) is 34.2 Å².